The van der Waals surface area contributed by atoms with E-state index < -0.39 is 25.0 Å². The Labute approximate surface area is 282 Å². The second-order valence-electron chi connectivity index (χ2n) is 15.1. The fourth-order valence-electron chi connectivity index (χ4n) is 5.25. The highest BCUT2D eigenvalue weighted by molar-refractivity contribution is 7.48. The van der Waals surface area contributed by atoms with Crippen molar-refractivity contribution in [3.05, 3.63) is 84.0 Å². The fraction of sp³-hybridized carbons (Fsp3) is 0.568. The molecule has 2 atom stereocenters. The highest BCUT2D eigenvalue weighted by atomic mass is 31.2. The van der Waals surface area contributed by atoms with Crippen LogP contribution in [0.5, 0.6) is 11.5 Å². The molecule has 2 aromatic rings. The summed E-state index contributed by atoms with van der Waals surface area (Å²) in [4.78, 5) is 11.3. The fourth-order valence-corrected chi connectivity index (χ4v) is 8.58. The SMILES string of the molecule is COCOCC/C=C1\[C@H](CC(C)(C)[Si](C)(C)O)C/C(=C\CP(Oc2ccccc2)Oc2ccccc2)C[C@H]1O[Si](C)(C)C(C)(C)C. The molecule has 0 radical (unpaired) electrons. The van der Waals surface area contributed by atoms with Crippen molar-refractivity contribution in [2.75, 3.05) is 26.7 Å². The molecular weight excluding hydrogens is 628 g/mol. The minimum absolute atomic E-state index is 0.0242. The first-order valence-electron chi connectivity index (χ1n) is 16.6. The summed E-state index contributed by atoms with van der Waals surface area (Å²) in [6.45, 7) is 21.1. The molecule has 0 spiro atoms. The summed E-state index contributed by atoms with van der Waals surface area (Å²) in [6.07, 6.45) is 8.82. The van der Waals surface area contributed by atoms with Gasteiger partial charge in [0.1, 0.15) is 18.3 Å². The van der Waals surface area contributed by atoms with Gasteiger partial charge in [0.05, 0.1) is 18.9 Å². The van der Waals surface area contributed by atoms with Crippen molar-refractivity contribution in [1.82, 2.24) is 0 Å². The quantitative estimate of drug-likeness (QED) is 0.0623. The normalized spacial score (nSPS) is 20.0. The first-order valence-corrected chi connectivity index (χ1v) is 23.8. The number of methoxy groups -OCH3 is 1. The Balaban J connectivity index is 1.98. The van der Waals surface area contributed by atoms with Gasteiger partial charge in [0, 0.05) is 7.11 Å². The van der Waals surface area contributed by atoms with Gasteiger partial charge in [0.15, 0.2) is 16.6 Å². The van der Waals surface area contributed by atoms with Gasteiger partial charge in [-0.1, -0.05) is 88.7 Å². The number of ether oxygens (including phenoxy) is 2. The van der Waals surface area contributed by atoms with E-state index in [2.05, 4.69) is 73.0 Å². The molecule has 1 aliphatic rings. The summed E-state index contributed by atoms with van der Waals surface area (Å²) in [5.41, 5.74) is 2.73. The molecule has 0 aromatic heterocycles. The maximum Gasteiger partial charge on any atom is 0.294 e. The average Bonchev–Trinajstić information content (AvgIpc) is 2.96. The minimum Gasteiger partial charge on any atom is -0.438 e. The molecule has 1 N–H and O–H groups in total. The maximum absolute atomic E-state index is 11.3. The summed E-state index contributed by atoms with van der Waals surface area (Å²) in [5.74, 6) is 1.87. The van der Waals surface area contributed by atoms with Gasteiger partial charge in [-0.2, -0.15) is 0 Å². The Hall–Kier alpha value is -1.78. The number of rotatable bonds is 16. The third-order valence-electron chi connectivity index (χ3n) is 9.73. The topological polar surface area (TPSA) is 66.4 Å². The zero-order valence-corrected chi connectivity index (χ0v) is 32.9. The molecule has 2 aromatic carbocycles. The Kier molecular flexibility index (Phi) is 14.3. The van der Waals surface area contributed by atoms with Crippen molar-refractivity contribution in [1.29, 1.82) is 0 Å². The summed E-state index contributed by atoms with van der Waals surface area (Å²) in [7, 11) is -4.17. The van der Waals surface area contributed by atoms with Crippen molar-refractivity contribution in [2.45, 2.75) is 103 Å². The van der Waals surface area contributed by atoms with Crippen molar-refractivity contribution in [3.8, 4) is 11.5 Å². The lowest BCUT2D eigenvalue weighted by Crippen LogP contribution is -2.47. The van der Waals surface area contributed by atoms with Gasteiger partial charge < -0.3 is 27.7 Å². The van der Waals surface area contributed by atoms with Crippen LogP contribution >= 0.6 is 8.38 Å². The molecule has 0 heterocycles. The second-order valence-corrected chi connectivity index (χ2v) is 25.7. The van der Waals surface area contributed by atoms with Gasteiger partial charge in [-0.3, -0.25) is 0 Å². The molecular formula is C37H59O6PSi2. The van der Waals surface area contributed by atoms with Crippen LogP contribution in [-0.4, -0.2) is 54.2 Å². The van der Waals surface area contributed by atoms with Crippen LogP contribution in [0.1, 0.15) is 60.3 Å². The van der Waals surface area contributed by atoms with E-state index in [1.165, 1.54) is 11.1 Å². The molecule has 0 aliphatic heterocycles. The molecule has 9 heteroatoms. The van der Waals surface area contributed by atoms with Gasteiger partial charge in [-0.25, -0.2) is 0 Å². The zero-order valence-electron chi connectivity index (χ0n) is 30.0. The molecule has 6 nitrogen and oxygen atoms in total. The van der Waals surface area contributed by atoms with Crippen molar-refractivity contribution < 1.29 is 27.7 Å². The largest absolute Gasteiger partial charge is 0.438 e. The van der Waals surface area contributed by atoms with Crippen molar-refractivity contribution in [2.24, 2.45) is 5.92 Å². The van der Waals surface area contributed by atoms with Crippen LogP contribution in [0.25, 0.3) is 0 Å². The highest BCUT2D eigenvalue weighted by Gasteiger charge is 2.45. The van der Waals surface area contributed by atoms with E-state index in [4.69, 9.17) is 22.9 Å². The van der Waals surface area contributed by atoms with Crippen LogP contribution in [0.4, 0.5) is 0 Å². The Morgan fingerprint density at radius 3 is 1.91 bits per heavy atom. The van der Waals surface area contributed by atoms with Gasteiger partial charge in [0.2, 0.25) is 0 Å². The standard InChI is InChI=1S/C37H59O6PSi2/c1-36(2,3)46(9,10)43-35-27-30(23-25-44(41-32-18-13-11-14-19-32)42-33-20-15-12-16-21-33)26-31(28-37(4,5)45(7,8)38)34(35)22-17-24-40-29-39-6/h11-16,18-23,31,35,38H,17,24-29H2,1-10H3/b30-23+,34-22+/t31-,35+/m0/s1. The molecule has 0 bridgehead atoms. The Morgan fingerprint density at radius 1 is 0.848 bits per heavy atom. The average molecular weight is 687 g/mol. The van der Waals surface area contributed by atoms with E-state index >= 15 is 0 Å². The number of benzene rings is 2. The predicted molar refractivity (Wildman–Crippen MR) is 198 cm³/mol. The van der Waals surface area contributed by atoms with Crippen LogP contribution in [0.3, 0.4) is 0 Å². The molecule has 3 rings (SSSR count). The molecule has 0 unspecified atom stereocenters. The second kappa shape index (κ2) is 17.1. The van der Waals surface area contributed by atoms with E-state index in [0.717, 1.165) is 37.2 Å². The monoisotopic (exact) mass is 686 g/mol. The van der Waals surface area contributed by atoms with Crippen molar-refractivity contribution in [3.63, 3.8) is 0 Å². The van der Waals surface area contributed by atoms with Gasteiger partial charge in [0.25, 0.3) is 8.38 Å². The molecule has 1 saturated carbocycles. The summed E-state index contributed by atoms with van der Waals surface area (Å²) in [5, 5.41) is -0.0934. The lowest BCUT2D eigenvalue weighted by Gasteiger charge is -2.46. The van der Waals surface area contributed by atoms with Crippen LogP contribution < -0.4 is 9.05 Å². The smallest absolute Gasteiger partial charge is 0.294 e. The molecule has 256 valence electrons. The van der Waals surface area contributed by atoms with E-state index in [0.29, 0.717) is 19.6 Å². The highest BCUT2D eigenvalue weighted by Crippen LogP contribution is 2.50. The lowest BCUT2D eigenvalue weighted by atomic mass is 9.75. The lowest BCUT2D eigenvalue weighted by molar-refractivity contribution is -0.0286. The third kappa shape index (κ3) is 11.7. The van der Waals surface area contributed by atoms with Gasteiger partial charge in [-0.15, -0.1) is 0 Å². The van der Waals surface area contributed by atoms with E-state index in [1.807, 2.05) is 60.7 Å². The first-order chi connectivity index (χ1) is 21.5. The minimum atomic E-state index is -2.45. The van der Waals surface area contributed by atoms with Crippen LogP contribution in [0.15, 0.2) is 84.0 Å². The number of allylic oxidation sites excluding steroid dienone is 1. The van der Waals surface area contributed by atoms with Crippen LogP contribution in [-0.2, 0) is 13.9 Å². The molecule has 1 fully saturated rings. The van der Waals surface area contributed by atoms with E-state index in [1.54, 1.807) is 7.11 Å². The predicted octanol–water partition coefficient (Wildman–Crippen LogP) is 10.5. The van der Waals surface area contributed by atoms with E-state index in [9.17, 15) is 4.80 Å². The van der Waals surface area contributed by atoms with Crippen LogP contribution in [0.2, 0.25) is 36.3 Å². The van der Waals surface area contributed by atoms with Gasteiger partial charge >= 0.3 is 0 Å². The molecule has 1 aliphatic carbocycles. The van der Waals surface area contributed by atoms with Crippen LogP contribution in [0, 0.1) is 5.92 Å². The zero-order chi connectivity index (χ0) is 34.0. The molecule has 0 saturated heterocycles. The Morgan fingerprint density at radius 2 is 1.41 bits per heavy atom. The number of para-hydroxylation sites is 2. The molecule has 46 heavy (non-hydrogen) atoms. The first kappa shape index (κ1) is 38.7. The summed E-state index contributed by atoms with van der Waals surface area (Å²) < 4.78 is 30.9. The summed E-state index contributed by atoms with van der Waals surface area (Å²) >= 11 is 0. The third-order valence-corrected chi connectivity index (χ3v) is 19.0. The van der Waals surface area contributed by atoms with Crippen molar-refractivity contribution >= 4 is 25.0 Å². The summed E-state index contributed by atoms with van der Waals surface area (Å²) in [6, 6.07) is 19.8. The number of hydrogen-bond donors (Lipinski definition) is 1. The Bertz CT molecular complexity index is 1170. The molecule has 0 amide bonds. The number of hydrogen-bond acceptors (Lipinski definition) is 6. The van der Waals surface area contributed by atoms with Gasteiger partial charge in [-0.05, 0) is 97.7 Å². The van der Waals surface area contributed by atoms with E-state index in [-0.39, 0.29) is 22.1 Å². The maximum atomic E-state index is 11.3.